The van der Waals surface area contributed by atoms with Gasteiger partial charge in [-0.05, 0) is 24.6 Å². The van der Waals surface area contributed by atoms with E-state index >= 15 is 0 Å². The van der Waals surface area contributed by atoms with E-state index in [1.807, 2.05) is 0 Å². The Labute approximate surface area is 107 Å². The highest BCUT2D eigenvalue weighted by atomic mass is 19.4. The quantitative estimate of drug-likeness (QED) is 0.857. The summed E-state index contributed by atoms with van der Waals surface area (Å²) < 4.78 is 42.0. The standard InChI is InChI=1S/C13H10F3NO2/c1-8(18)12(11-6-7-19-17-11)9-2-4-10(5-3-9)13(14,15)16/h2-7,12H,1H3. The van der Waals surface area contributed by atoms with Crippen molar-refractivity contribution in [2.45, 2.75) is 19.0 Å². The molecule has 0 bridgehead atoms. The van der Waals surface area contributed by atoms with Crippen LogP contribution in [0.2, 0.25) is 0 Å². The average Bonchev–Trinajstić information content (AvgIpc) is 2.82. The number of nitrogens with zero attached hydrogens (tertiary/aromatic N) is 1. The van der Waals surface area contributed by atoms with E-state index in [4.69, 9.17) is 0 Å². The van der Waals surface area contributed by atoms with Crippen molar-refractivity contribution >= 4 is 5.78 Å². The summed E-state index contributed by atoms with van der Waals surface area (Å²) in [5.74, 6) is -0.922. The molecule has 0 N–H and O–H groups in total. The van der Waals surface area contributed by atoms with Gasteiger partial charge >= 0.3 is 6.18 Å². The van der Waals surface area contributed by atoms with Crippen LogP contribution in [0, 0.1) is 0 Å². The van der Waals surface area contributed by atoms with Gasteiger partial charge in [0, 0.05) is 6.07 Å². The van der Waals surface area contributed by atoms with Crippen LogP contribution in [-0.4, -0.2) is 10.9 Å². The van der Waals surface area contributed by atoms with Crippen LogP contribution in [0.25, 0.3) is 0 Å². The third-order valence-electron chi connectivity index (χ3n) is 2.73. The Balaban J connectivity index is 2.37. The number of hydrogen-bond acceptors (Lipinski definition) is 3. The smallest absolute Gasteiger partial charge is 0.364 e. The molecule has 0 spiro atoms. The molecule has 3 nitrogen and oxygen atoms in total. The fourth-order valence-electron chi connectivity index (χ4n) is 1.85. The van der Waals surface area contributed by atoms with Crippen molar-refractivity contribution < 1.29 is 22.5 Å². The van der Waals surface area contributed by atoms with Crippen molar-refractivity contribution in [2.75, 3.05) is 0 Å². The SMILES string of the molecule is CC(=O)C(c1ccc(C(F)(F)F)cc1)c1ccon1. The van der Waals surface area contributed by atoms with E-state index in [-0.39, 0.29) is 5.78 Å². The number of carbonyl (C=O) groups is 1. The number of hydrogen-bond donors (Lipinski definition) is 0. The van der Waals surface area contributed by atoms with E-state index in [0.717, 1.165) is 12.1 Å². The number of rotatable bonds is 3. The Morgan fingerprint density at radius 2 is 1.84 bits per heavy atom. The second-order valence-electron chi connectivity index (χ2n) is 4.09. The molecule has 2 aromatic rings. The second-order valence-corrected chi connectivity index (χ2v) is 4.09. The predicted molar refractivity (Wildman–Crippen MR) is 60.5 cm³/mol. The summed E-state index contributed by atoms with van der Waals surface area (Å²) >= 11 is 0. The van der Waals surface area contributed by atoms with Crippen molar-refractivity contribution in [1.29, 1.82) is 0 Å². The third kappa shape index (κ3) is 2.83. The Kier molecular flexibility index (Phi) is 3.42. The molecule has 19 heavy (non-hydrogen) atoms. The summed E-state index contributed by atoms with van der Waals surface area (Å²) in [5.41, 5.74) is 0.0837. The second kappa shape index (κ2) is 4.87. The highest BCUT2D eigenvalue weighted by molar-refractivity contribution is 5.86. The van der Waals surface area contributed by atoms with E-state index < -0.39 is 17.7 Å². The maximum atomic E-state index is 12.5. The zero-order chi connectivity index (χ0) is 14.0. The van der Waals surface area contributed by atoms with Gasteiger partial charge in [0.1, 0.15) is 12.0 Å². The highest BCUT2D eigenvalue weighted by Gasteiger charge is 2.31. The maximum absolute atomic E-state index is 12.5. The molecule has 2 rings (SSSR count). The summed E-state index contributed by atoms with van der Waals surface area (Å²) in [6.45, 7) is 1.36. The molecule has 1 unspecified atom stereocenters. The number of halogens is 3. The van der Waals surface area contributed by atoms with Gasteiger partial charge < -0.3 is 4.52 Å². The zero-order valence-corrected chi connectivity index (χ0v) is 9.94. The highest BCUT2D eigenvalue weighted by Crippen LogP contribution is 2.31. The van der Waals surface area contributed by atoms with Gasteiger partial charge in [-0.1, -0.05) is 17.3 Å². The summed E-state index contributed by atoms with van der Waals surface area (Å²) in [6.07, 6.45) is -3.08. The number of Topliss-reactive ketones (excluding diaryl/α,β-unsaturated/α-hetero) is 1. The van der Waals surface area contributed by atoms with Crippen molar-refractivity contribution in [3.8, 4) is 0 Å². The van der Waals surface area contributed by atoms with Crippen LogP contribution in [0.15, 0.2) is 41.1 Å². The lowest BCUT2D eigenvalue weighted by atomic mass is 9.91. The van der Waals surface area contributed by atoms with Crippen molar-refractivity contribution in [3.63, 3.8) is 0 Å². The van der Waals surface area contributed by atoms with E-state index in [1.54, 1.807) is 0 Å². The lowest BCUT2D eigenvalue weighted by Crippen LogP contribution is -2.12. The van der Waals surface area contributed by atoms with Crippen molar-refractivity contribution in [2.24, 2.45) is 0 Å². The predicted octanol–water partition coefficient (Wildman–Crippen LogP) is 3.41. The molecule has 0 saturated carbocycles. The maximum Gasteiger partial charge on any atom is 0.416 e. The minimum atomic E-state index is -4.39. The van der Waals surface area contributed by atoms with Crippen LogP contribution in [-0.2, 0) is 11.0 Å². The van der Waals surface area contributed by atoms with Gasteiger partial charge in [0.05, 0.1) is 17.2 Å². The molecule has 6 heteroatoms. The Hall–Kier alpha value is -2.11. The number of ketones is 1. The summed E-state index contributed by atoms with van der Waals surface area (Å²) in [6, 6.07) is 5.98. The average molecular weight is 269 g/mol. The monoisotopic (exact) mass is 269 g/mol. The van der Waals surface area contributed by atoms with Crippen molar-refractivity contribution in [3.05, 3.63) is 53.4 Å². The molecule has 0 amide bonds. The summed E-state index contributed by atoms with van der Waals surface area (Å²) in [4.78, 5) is 11.6. The van der Waals surface area contributed by atoms with Crippen LogP contribution >= 0.6 is 0 Å². The molecular formula is C13H10F3NO2. The normalized spacial score (nSPS) is 13.3. The fourth-order valence-corrected chi connectivity index (χ4v) is 1.85. The Morgan fingerprint density at radius 3 is 2.26 bits per heavy atom. The molecule has 1 aromatic carbocycles. The van der Waals surface area contributed by atoms with Crippen LogP contribution in [0.5, 0.6) is 0 Å². The molecule has 0 aliphatic heterocycles. The Morgan fingerprint density at radius 1 is 1.21 bits per heavy atom. The van der Waals surface area contributed by atoms with Crippen LogP contribution in [0.4, 0.5) is 13.2 Å². The fraction of sp³-hybridized carbons (Fsp3) is 0.231. The molecular weight excluding hydrogens is 259 g/mol. The van der Waals surface area contributed by atoms with Gasteiger partial charge in [0.2, 0.25) is 0 Å². The molecule has 100 valence electrons. The number of carbonyl (C=O) groups excluding carboxylic acids is 1. The first-order chi connectivity index (χ1) is 8.89. The summed E-state index contributed by atoms with van der Waals surface area (Å²) in [5, 5.41) is 3.67. The van der Waals surface area contributed by atoms with Crippen molar-refractivity contribution in [1.82, 2.24) is 5.16 Å². The first-order valence-electron chi connectivity index (χ1n) is 5.47. The van der Waals surface area contributed by atoms with E-state index in [1.165, 1.54) is 31.4 Å². The molecule has 0 fully saturated rings. The topological polar surface area (TPSA) is 43.1 Å². The van der Waals surface area contributed by atoms with Gasteiger partial charge in [0.25, 0.3) is 0 Å². The molecule has 0 aliphatic carbocycles. The molecule has 0 radical (unpaired) electrons. The Bertz CT molecular complexity index is 559. The lowest BCUT2D eigenvalue weighted by molar-refractivity contribution is -0.137. The molecule has 1 atom stereocenters. The van der Waals surface area contributed by atoms with Crippen LogP contribution in [0.1, 0.15) is 29.7 Å². The third-order valence-corrected chi connectivity index (χ3v) is 2.73. The van der Waals surface area contributed by atoms with Gasteiger partial charge in [-0.3, -0.25) is 4.79 Å². The molecule has 0 saturated heterocycles. The number of alkyl halides is 3. The number of benzene rings is 1. The summed E-state index contributed by atoms with van der Waals surface area (Å²) in [7, 11) is 0. The van der Waals surface area contributed by atoms with E-state index in [0.29, 0.717) is 11.3 Å². The minimum Gasteiger partial charge on any atom is -0.364 e. The zero-order valence-electron chi connectivity index (χ0n) is 9.94. The lowest BCUT2D eigenvalue weighted by Gasteiger charge is -2.12. The molecule has 1 aromatic heterocycles. The van der Waals surface area contributed by atoms with Crippen LogP contribution < -0.4 is 0 Å². The minimum absolute atomic E-state index is 0.214. The molecule has 1 heterocycles. The first-order valence-corrected chi connectivity index (χ1v) is 5.47. The van der Waals surface area contributed by atoms with Crippen LogP contribution in [0.3, 0.4) is 0 Å². The number of aromatic nitrogens is 1. The van der Waals surface area contributed by atoms with Gasteiger partial charge in [-0.25, -0.2) is 0 Å². The van der Waals surface area contributed by atoms with E-state index in [2.05, 4.69) is 9.68 Å². The van der Waals surface area contributed by atoms with Gasteiger partial charge in [0.15, 0.2) is 0 Å². The first kappa shape index (κ1) is 13.3. The van der Waals surface area contributed by atoms with E-state index in [9.17, 15) is 18.0 Å². The molecule has 0 aliphatic rings. The van der Waals surface area contributed by atoms with Gasteiger partial charge in [-0.2, -0.15) is 13.2 Å². The van der Waals surface area contributed by atoms with Gasteiger partial charge in [-0.15, -0.1) is 0 Å². The largest absolute Gasteiger partial charge is 0.416 e.